The minimum atomic E-state index is -0.248. The van der Waals surface area contributed by atoms with Crippen molar-refractivity contribution < 1.29 is 4.39 Å². The van der Waals surface area contributed by atoms with Crippen molar-refractivity contribution in [3.8, 4) is 5.69 Å². The first-order chi connectivity index (χ1) is 12.2. The van der Waals surface area contributed by atoms with E-state index in [0.29, 0.717) is 0 Å². The highest BCUT2D eigenvalue weighted by molar-refractivity contribution is 7.09. The molecule has 0 saturated carbocycles. The van der Waals surface area contributed by atoms with E-state index in [0.717, 1.165) is 36.9 Å². The van der Waals surface area contributed by atoms with Crippen molar-refractivity contribution in [3.05, 3.63) is 70.4 Å². The number of guanidine groups is 1. The molecule has 2 N–H and O–H groups in total. The number of nitrogens with zero attached hydrogens (tertiary/aromatic N) is 3. The lowest BCUT2D eigenvalue weighted by atomic mass is 10.3. The molecule has 0 aliphatic rings. The second-order valence-corrected chi connectivity index (χ2v) is 6.44. The number of nitrogens with one attached hydrogen (secondary N) is 2. The minimum Gasteiger partial charge on any atom is -0.356 e. The SMILES string of the molecule is CN=C(NCCc1ccn(-c2ccc(F)cc2)n1)NCc1cccs1. The molecule has 0 bridgehead atoms. The molecule has 5 nitrogen and oxygen atoms in total. The van der Waals surface area contributed by atoms with E-state index in [4.69, 9.17) is 0 Å². The quantitative estimate of drug-likeness (QED) is 0.527. The first-order valence-electron chi connectivity index (χ1n) is 8.02. The highest BCUT2D eigenvalue weighted by atomic mass is 32.1. The first kappa shape index (κ1) is 17.2. The van der Waals surface area contributed by atoms with Gasteiger partial charge in [-0.15, -0.1) is 11.3 Å². The molecule has 0 aliphatic carbocycles. The zero-order valence-electron chi connectivity index (χ0n) is 13.9. The minimum absolute atomic E-state index is 0.248. The topological polar surface area (TPSA) is 54.2 Å². The lowest BCUT2D eigenvalue weighted by molar-refractivity contribution is 0.627. The number of thiophene rings is 1. The Morgan fingerprint density at radius 2 is 2.04 bits per heavy atom. The van der Waals surface area contributed by atoms with Crippen molar-refractivity contribution in [2.45, 2.75) is 13.0 Å². The molecular weight excluding hydrogens is 337 g/mol. The molecule has 3 aromatic rings. The van der Waals surface area contributed by atoms with Gasteiger partial charge in [-0.05, 0) is 41.8 Å². The monoisotopic (exact) mass is 357 g/mol. The molecule has 0 unspecified atom stereocenters. The molecule has 7 heteroatoms. The summed E-state index contributed by atoms with van der Waals surface area (Å²) >= 11 is 1.72. The summed E-state index contributed by atoms with van der Waals surface area (Å²) in [5, 5.41) is 13.1. The van der Waals surface area contributed by atoms with Gasteiger partial charge >= 0.3 is 0 Å². The predicted molar refractivity (Wildman–Crippen MR) is 99.7 cm³/mol. The van der Waals surface area contributed by atoms with E-state index in [9.17, 15) is 4.39 Å². The molecule has 2 aromatic heterocycles. The van der Waals surface area contributed by atoms with Crippen LogP contribution in [0.2, 0.25) is 0 Å². The van der Waals surface area contributed by atoms with Crippen molar-refractivity contribution in [1.29, 1.82) is 0 Å². The van der Waals surface area contributed by atoms with Crippen molar-refractivity contribution >= 4 is 17.3 Å². The average Bonchev–Trinajstić information content (AvgIpc) is 3.30. The molecule has 0 fully saturated rings. The van der Waals surface area contributed by atoms with E-state index in [1.54, 1.807) is 35.2 Å². The predicted octanol–water partition coefficient (Wildman–Crippen LogP) is 2.98. The third-order valence-corrected chi connectivity index (χ3v) is 4.52. The van der Waals surface area contributed by atoms with Crippen LogP contribution in [0.4, 0.5) is 4.39 Å². The van der Waals surface area contributed by atoms with Gasteiger partial charge in [-0.2, -0.15) is 5.10 Å². The van der Waals surface area contributed by atoms with Gasteiger partial charge in [0.15, 0.2) is 5.96 Å². The standard InChI is InChI=1S/C18H20FN5S/c1-20-18(22-13-17-3-2-12-25-17)21-10-8-15-9-11-24(23-15)16-6-4-14(19)5-7-16/h2-7,9,11-12H,8,10,13H2,1H3,(H2,20,21,22). The molecule has 2 heterocycles. The molecular formula is C18H20FN5S. The van der Waals surface area contributed by atoms with Gasteiger partial charge in [0, 0.05) is 31.1 Å². The molecule has 0 radical (unpaired) electrons. The molecule has 0 aliphatic heterocycles. The van der Waals surface area contributed by atoms with Crippen LogP contribution < -0.4 is 10.6 Å². The van der Waals surface area contributed by atoms with Gasteiger partial charge in [0.2, 0.25) is 0 Å². The summed E-state index contributed by atoms with van der Waals surface area (Å²) < 4.78 is 14.7. The largest absolute Gasteiger partial charge is 0.356 e. The summed E-state index contributed by atoms with van der Waals surface area (Å²) in [4.78, 5) is 5.48. The Morgan fingerprint density at radius 3 is 2.76 bits per heavy atom. The number of hydrogen-bond acceptors (Lipinski definition) is 3. The van der Waals surface area contributed by atoms with Crippen molar-refractivity contribution in [1.82, 2.24) is 20.4 Å². The molecule has 1 aromatic carbocycles. The molecule has 130 valence electrons. The fourth-order valence-corrected chi connectivity index (χ4v) is 2.99. The van der Waals surface area contributed by atoms with Crippen LogP contribution in [0.5, 0.6) is 0 Å². The lowest BCUT2D eigenvalue weighted by Gasteiger charge is -2.10. The van der Waals surface area contributed by atoms with Gasteiger partial charge in [0.05, 0.1) is 17.9 Å². The number of halogens is 1. The maximum atomic E-state index is 13.0. The normalized spacial score (nSPS) is 11.5. The van der Waals surface area contributed by atoms with E-state index in [2.05, 4.69) is 32.2 Å². The molecule has 0 amide bonds. The van der Waals surface area contributed by atoms with Crippen LogP contribution in [0, 0.1) is 5.82 Å². The number of aliphatic imine (C=N–C) groups is 1. The van der Waals surface area contributed by atoms with Crippen LogP contribution in [0.15, 0.2) is 59.0 Å². The first-order valence-corrected chi connectivity index (χ1v) is 8.90. The summed E-state index contributed by atoms with van der Waals surface area (Å²) in [6.07, 6.45) is 2.65. The summed E-state index contributed by atoms with van der Waals surface area (Å²) in [7, 11) is 1.76. The maximum absolute atomic E-state index is 13.0. The van der Waals surface area contributed by atoms with Crippen molar-refractivity contribution in [2.24, 2.45) is 4.99 Å². The highest BCUT2D eigenvalue weighted by Gasteiger charge is 2.03. The highest BCUT2D eigenvalue weighted by Crippen LogP contribution is 2.09. The number of hydrogen-bond donors (Lipinski definition) is 2. The zero-order chi connectivity index (χ0) is 17.5. The second-order valence-electron chi connectivity index (χ2n) is 5.41. The summed E-state index contributed by atoms with van der Waals surface area (Å²) in [5.41, 5.74) is 1.81. The van der Waals surface area contributed by atoms with Gasteiger partial charge in [0.25, 0.3) is 0 Å². The van der Waals surface area contributed by atoms with Crippen LogP contribution in [0.3, 0.4) is 0 Å². The van der Waals surface area contributed by atoms with E-state index in [1.807, 2.05) is 18.3 Å². The maximum Gasteiger partial charge on any atom is 0.191 e. The number of benzene rings is 1. The Hall–Kier alpha value is -2.67. The molecule has 0 saturated heterocycles. The molecule has 0 spiro atoms. The Bertz CT molecular complexity index is 808. The summed E-state index contributed by atoms with van der Waals surface area (Å²) in [6.45, 7) is 1.49. The summed E-state index contributed by atoms with van der Waals surface area (Å²) in [6, 6.07) is 12.4. The van der Waals surface area contributed by atoms with Gasteiger partial charge in [-0.25, -0.2) is 9.07 Å². The van der Waals surface area contributed by atoms with Gasteiger partial charge in [-0.3, -0.25) is 4.99 Å². The van der Waals surface area contributed by atoms with E-state index in [-0.39, 0.29) is 5.82 Å². The van der Waals surface area contributed by atoms with Crippen molar-refractivity contribution in [2.75, 3.05) is 13.6 Å². The Labute approximate surface area is 150 Å². The van der Waals surface area contributed by atoms with Crippen molar-refractivity contribution in [3.63, 3.8) is 0 Å². The molecule has 25 heavy (non-hydrogen) atoms. The van der Waals surface area contributed by atoms with Crippen LogP contribution in [0.25, 0.3) is 5.69 Å². The fraction of sp³-hybridized carbons (Fsp3) is 0.222. The van der Waals surface area contributed by atoms with Crippen LogP contribution in [-0.4, -0.2) is 29.3 Å². The van der Waals surface area contributed by atoms with Crippen LogP contribution in [-0.2, 0) is 13.0 Å². The average molecular weight is 357 g/mol. The summed E-state index contributed by atoms with van der Waals surface area (Å²) in [5.74, 6) is 0.521. The Morgan fingerprint density at radius 1 is 1.20 bits per heavy atom. The van der Waals surface area contributed by atoms with Gasteiger partial charge in [0.1, 0.15) is 5.82 Å². The number of aromatic nitrogens is 2. The van der Waals surface area contributed by atoms with Gasteiger partial charge in [-0.1, -0.05) is 6.07 Å². The second kappa shape index (κ2) is 8.43. The Balaban J connectivity index is 1.47. The van der Waals surface area contributed by atoms with E-state index >= 15 is 0 Å². The molecule has 0 atom stereocenters. The Kier molecular flexibility index (Phi) is 5.79. The zero-order valence-corrected chi connectivity index (χ0v) is 14.8. The smallest absolute Gasteiger partial charge is 0.191 e. The lowest BCUT2D eigenvalue weighted by Crippen LogP contribution is -2.37. The van der Waals surface area contributed by atoms with Gasteiger partial charge < -0.3 is 10.6 Å². The van der Waals surface area contributed by atoms with Crippen LogP contribution >= 0.6 is 11.3 Å². The number of rotatable bonds is 6. The molecule has 3 rings (SSSR count). The third-order valence-electron chi connectivity index (χ3n) is 3.64. The third kappa shape index (κ3) is 4.90. The fourth-order valence-electron chi connectivity index (χ4n) is 2.35. The van der Waals surface area contributed by atoms with E-state index in [1.165, 1.54) is 17.0 Å². The van der Waals surface area contributed by atoms with E-state index < -0.39 is 0 Å². The van der Waals surface area contributed by atoms with Crippen LogP contribution in [0.1, 0.15) is 10.6 Å².